The summed E-state index contributed by atoms with van der Waals surface area (Å²) in [6, 6.07) is 12.9. The van der Waals surface area contributed by atoms with E-state index < -0.39 is 16.8 Å². The Hall–Kier alpha value is -4.47. The van der Waals surface area contributed by atoms with Gasteiger partial charge in [-0.25, -0.2) is 10.2 Å². The molecular weight excluding hydrogens is 394 g/mol. The Kier molecular flexibility index (Phi) is 6.18. The second kappa shape index (κ2) is 9.15. The van der Waals surface area contributed by atoms with Crippen molar-refractivity contribution in [3.8, 4) is 11.5 Å². The molecule has 0 radical (unpaired) electrons. The zero-order valence-electron chi connectivity index (χ0n) is 15.6. The Bertz CT molecular complexity index is 1090. The molecule has 1 N–H and O–H groups in total. The summed E-state index contributed by atoms with van der Waals surface area (Å²) in [4.78, 5) is 34.7. The highest BCUT2D eigenvalue weighted by atomic mass is 16.6. The lowest BCUT2D eigenvalue weighted by molar-refractivity contribution is -0.384. The van der Waals surface area contributed by atoms with Gasteiger partial charge >= 0.3 is 5.97 Å². The number of non-ortho nitro benzene ring substituents is 1. The van der Waals surface area contributed by atoms with Crippen LogP contribution in [0.15, 0.2) is 70.4 Å². The monoisotopic (exact) mass is 409 g/mol. The van der Waals surface area contributed by atoms with Crippen molar-refractivity contribution in [2.75, 3.05) is 7.11 Å². The van der Waals surface area contributed by atoms with Gasteiger partial charge in [0.15, 0.2) is 0 Å². The number of esters is 1. The highest BCUT2D eigenvalue weighted by molar-refractivity contribution is 5.95. The maximum atomic E-state index is 12.2. The van der Waals surface area contributed by atoms with Crippen LogP contribution >= 0.6 is 0 Å². The van der Waals surface area contributed by atoms with Crippen LogP contribution in [0.25, 0.3) is 0 Å². The van der Waals surface area contributed by atoms with Gasteiger partial charge in [-0.05, 0) is 42.5 Å². The second-order valence-corrected chi connectivity index (χ2v) is 5.77. The van der Waals surface area contributed by atoms with Gasteiger partial charge in [-0.3, -0.25) is 14.9 Å². The second-order valence-electron chi connectivity index (χ2n) is 5.77. The molecule has 30 heavy (non-hydrogen) atoms. The molecule has 0 atom stereocenters. The van der Waals surface area contributed by atoms with Crippen LogP contribution in [0, 0.1) is 10.1 Å². The number of furan rings is 1. The van der Waals surface area contributed by atoms with Gasteiger partial charge in [-0.15, -0.1) is 0 Å². The Balaban J connectivity index is 1.78. The van der Waals surface area contributed by atoms with E-state index >= 15 is 0 Å². The normalized spacial score (nSPS) is 10.6. The first-order chi connectivity index (χ1) is 14.5. The smallest absolute Gasteiger partial charge is 0.379 e. The molecule has 0 aliphatic heterocycles. The maximum Gasteiger partial charge on any atom is 0.379 e. The van der Waals surface area contributed by atoms with Crippen molar-refractivity contribution in [3.05, 3.63) is 87.9 Å². The Morgan fingerprint density at radius 3 is 2.57 bits per heavy atom. The molecule has 0 aliphatic rings. The van der Waals surface area contributed by atoms with Gasteiger partial charge in [0.25, 0.3) is 11.6 Å². The molecule has 1 aromatic heterocycles. The molecule has 0 fully saturated rings. The van der Waals surface area contributed by atoms with Gasteiger partial charge in [0, 0.05) is 23.3 Å². The molecule has 3 rings (SSSR count). The third kappa shape index (κ3) is 4.87. The van der Waals surface area contributed by atoms with Crippen molar-refractivity contribution in [1.29, 1.82) is 0 Å². The van der Waals surface area contributed by atoms with Crippen LogP contribution in [0.2, 0.25) is 0 Å². The van der Waals surface area contributed by atoms with Gasteiger partial charge in [0.05, 0.1) is 24.5 Å². The molecule has 1 amide bonds. The van der Waals surface area contributed by atoms with Crippen molar-refractivity contribution in [2.24, 2.45) is 5.10 Å². The number of hydrogen-bond donors (Lipinski definition) is 1. The van der Waals surface area contributed by atoms with Crippen molar-refractivity contribution >= 4 is 23.8 Å². The fourth-order valence-electron chi connectivity index (χ4n) is 2.36. The van der Waals surface area contributed by atoms with Crippen molar-refractivity contribution in [3.63, 3.8) is 0 Å². The predicted octanol–water partition coefficient (Wildman–Crippen LogP) is 3.18. The summed E-state index contributed by atoms with van der Waals surface area (Å²) in [6.45, 7) is 0. The van der Waals surface area contributed by atoms with E-state index in [1.165, 1.54) is 37.6 Å². The number of ether oxygens (including phenoxy) is 2. The number of amides is 1. The first-order valence-corrected chi connectivity index (χ1v) is 8.49. The molecule has 0 bridgehead atoms. The van der Waals surface area contributed by atoms with Crippen LogP contribution in [0.1, 0.15) is 26.5 Å². The zero-order valence-corrected chi connectivity index (χ0v) is 15.6. The third-order valence-electron chi connectivity index (χ3n) is 3.85. The van der Waals surface area contributed by atoms with E-state index in [0.29, 0.717) is 11.3 Å². The van der Waals surface area contributed by atoms with E-state index in [9.17, 15) is 19.7 Å². The summed E-state index contributed by atoms with van der Waals surface area (Å²) in [6.07, 6.45) is 2.45. The number of hydrogen-bond acceptors (Lipinski definition) is 8. The molecule has 152 valence electrons. The van der Waals surface area contributed by atoms with Crippen molar-refractivity contribution in [2.45, 2.75) is 0 Å². The molecule has 0 saturated heterocycles. The minimum Gasteiger partial charge on any atom is -0.497 e. The molecule has 0 unspecified atom stereocenters. The first-order valence-electron chi connectivity index (χ1n) is 8.49. The molecule has 3 aromatic rings. The standard InChI is InChI=1S/C20H15N3O7/c1-28-16-7-4-13(5-8-16)19(24)22-21-12-14-11-15(23(26)27)6-9-17(14)30-20(25)18-3-2-10-29-18/h2-12H,1H3,(H,22,24)/b21-12+. The number of nitrogens with zero attached hydrogens (tertiary/aromatic N) is 2. The van der Waals surface area contributed by atoms with Gasteiger partial charge in [-0.1, -0.05) is 0 Å². The van der Waals surface area contributed by atoms with Crippen LogP contribution in [0.4, 0.5) is 5.69 Å². The number of nitro groups is 1. The number of nitrogens with one attached hydrogen (secondary N) is 1. The third-order valence-corrected chi connectivity index (χ3v) is 3.85. The van der Waals surface area contributed by atoms with Gasteiger partial charge in [0.1, 0.15) is 11.5 Å². The minimum absolute atomic E-state index is 0.00412. The van der Waals surface area contributed by atoms with Crippen LogP contribution in [-0.4, -0.2) is 30.1 Å². The Morgan fingerprint density at radius 1 is 1.17 bits per heavy atom. The summed E-state index contributed by atoms with van der Waals surface area (Å²) < 4.78 is 15.2. The van der Waals surface area contributed by atoms with Crippen molar-refractivity contribution < 1.29 is 28.4 Å². The van der Waals surface area contributed by atoms with E-state index in [2.05, 4.69) is 10.5 Å². The highest BCUT2D eigenvalue weighted by Crippen LogP contribution is 2.24. The Morgan fingerprint density at radius 2 is 1.93 bits per heavy atom. The number of carbonyl (C=O) groups excluding carboxylic acids is 2. The fraction of sp³-hybridized carbons (Fsp3) is 0.0500. The minimum atomic E-state index is -0.786. The lowest BCUT2D eigenvalue weighted by Gasteiger charge is -2.06. The molecule has 0 spiro atoms. The Labute approximate surface area is 169 Å². The molecular formula is C20H15N3O7. The molecule has 10 heteroatoms. The number of methoxy groups -OCH3 is 1. The summed E-state index contributed by atoms with van der Waals surface area (Å²) in [7, 11) is 1.51. The summed E-state index contributed by atoms with van der Waals surface area (Å²) >= 11 is 0. The van der Waals surface area contributed by atoms with E-state index in [1.807, 2.05) is 0 Å². The SMILES string of the molecule is COc1ccc(C(=O)N/N=C/c2cc([N+](=O)[O-])ccc2OC(=O)c2ccco2)cc1. The number of benzene rings is 2. The largest absolute Gasteiger partial charge is 0.497 e. The fourth-order valence-corrected chi connectivity index (χ4v) is 2.36. The van der Waals surface area contributed by atoms with E-state index in [4.69, 9.17) is 13.9 Å². The lowest BCUT2D eigenvalue weighted by atomic mass is 10.2. The maximum absolute atomic E-state index is 12.2. The number of hydrazone groups is 1. The van der Waals surface area contributed by atoms with Gasteiger partial charge < -0.3 is 13.9 Å². The van der Waals surface area contributed by atoms with Crippen LogP contribution in [-0.2, 0) is 0 Å². The molecule has 0 aliphatic carbocycles. The van der Waals surface area contributed by atoms with Crippen LogP contribution in [0.3, 0.4) is 0 Å². The number of nitro benzene ring substituents is 1. The number of carbonyl (C=O) groups is 2. The van der Waals surface area contributed by atoms with Gasteiger partial charge in [-0.2, -0.15) is 5.10 Å². The number of rotatable bonds is 7. The van der Waals surface area contributed by atoms with Crippen LogP contribution in [0.5, 0.6) is 11.5 Å². The predicted molar refractivity (Wildman–Crippen MR) is 105 cm³/mol. The zero-order chi connectivity index (χ0) is 21.5. The summed E-state index contributed by atoms with van der Waals surface area (Å²) in [5, 5.41) is 14.8. The molecule has 0 saturated carbocycles. The van der Waals surface area contributed by atoms with Crippen LogP contribution < -0.4 is 14.9 Å². The van der Waals surface area contributed by atoms with Gasteiger partial charge in [0.2, 0.25) is 5.76 Å². The van der Waals surface area contributed by atoms with E-state index in [1.54, 1.807) is 24.3 Å². The quantitative estimate of drug-likeness (QED) is 0.208. The van der Waals surface area contributed by atoms with E-state index in [-0.39, 0.29) is 22.8 Å². The topological polar surface area (TPSA) is 133 Å². The average Bonchev–Trinajstić information content (AvgIpc) is 3.29. The highest BCUT2D eigenvalue weighted by Gasteiger charge is 2.16. The molecule has 1 heterocycles. The average molecular weight is 409 g/mol. The molecule has 10 nitrogen and oxygen atoms in total. The summed E-state index contributed by atoms with van der Waals surface area (Å²) in [5.74, 6) is -0.734. The lowest BCUT2D eigenvalue weighted by Crippen LogP contribution is -2.17. The molecule has 2 aromatic carbocycles. The van der Waals surface area contributed by atoms with Crippen molar-refractivity contribution in [1.82, 2.24) is 5.43 Å². The first kappa shape index (κ1) is 20.3. The summed E-state index contributed by atoms with van der Waals surface area (Å²) in [5.41, 5.74) is 2.50. The van der Waals surface area contributed by atoms with E-state index in [0.717, 1.165) is 12.3 Å².